The summed E-state index contributed by atoms with van der Waals surface area (Å²) in [5.41, 5.74) is 5.32. The Morgan fingerprint density at radius 3 is 2.67 bits per heavy atom. The molecule has 15 heavy (non-hydrogen) atoms. The number of amides is 1. The molecule has 1 amide bonds. The molecular weight excluding hydrogens is 192 g/mol. The maximum Gasteiger partial charge on any atom is 0.222 e. The lowest BCUT2D eigenvalue weighted by Gasteiger charge is -2.40. The second-order valence-electron chi connectivity index (χ2n) is 4.44. The van der Waals surface area contributed by atoms with Crippen molar-refractivity contribution in [3.8, 4) is 0 Å². The predicted octanol–water partition coefficient (Wildman–Crippen LogP) is 0.657. The molecular formula is C11H22N2O2. The van der Waals surface area contributed by atoms with E-state index in [2.05, 4.69) is 5.32 Å². The number of hydrogen-bond acceptors (Lipinski definition) is 3. The number of carbonyl (C=O) groups is 1. The molecule has 0 heterocycles. The lowest BCUT2D eigenvalue weighted by Crippen LogP contribution is -2.50. The number of rotatable bonds is 6. The highest BCUT2D eigenvalue weighted by atomic mass is 16.5. The first-order chi connectivity index (χ1) is 7.13. The van der Waals surface area contributed by atoms with E-state index < -0.39 is 0 Å². The summed E-state index contributed by atoms with van der Waals surface area (Å²) in [6, 6.07) is 0. The Balaban J connectivity index is 2.26. The van der Waals surface area contributed by atoms with Gasteiger partial charge in [0.2, 0.25) is 5.91 Å². The van der Waals surface area contributed by atoms with E-state index in [1.54, 1.807) is 7.11 Å². The number of ether oxygens (including phenoxy) is 1. The quantitative estimate of drug-likeness (QED) is 0.682. The van der Waals surface area contributed by atoms with E-state index in [0.29, 0.717) is 13.1 Å². The molecule has 0 aromatic heterocycles. The van der Waals surface area contributed by atoms with Crippen LogP contribution in [-0.2, 0) is 9.53 Å². The molecule has 0 radical (unpaired) electrons. The molecule has 0 bridgehead atoms. The average Bonchev–Trinajstić information content (AvgIpc) is 2.17. The van der Waals surface area contributed by atoms with Gasteiger partial charge in [-0.05, 0) is 32.2 Å². The van der Waals surface area contributed by atoms with Crippen LogP contribution in [0.4, 0.5) is 0 Å². The summed E-state index contributed by atoms with van der Waals surface area (Å²) in [6.45, 7) is 3.10. The largest absolute Gasteiger partial charge is 0.376 e. The van der Waals surface area contributed by atoms with Crippen LogP contribution in [0.15, 0.2) is 0 Å². The molecule has 1 unspecified atom stereocenters. The fraction of sp³-hybridized carbons (Fsp3) is 0.909. The lowest BCUT2D eigenvalue weighted by atomic mass is 9.80. The van der Waals surface area contributed by atoms with Crippen molar-refractivity contribution < 1.29 is 9.53 Å². The third kappa shape index (κ3) is 3.18. The minimum atomic E-state index is -0.0852. The van der Waals surface area contributed by atoms with Gasteiger partial charge in [-0.2, -0.15) is 0 Å². The average molecular weight is 214 g/mol. The summed E-state index contributed by atoms with van der Waals surface area (Å²) in [5, 5.41) is 2.94. The molecule has 1 aliphatic carbocycles. The summed E-state index contributed by atoms with van der Waals surface area (Å²) in [6.07, 6.45) is 4.04. The third-order valence-corrected chi connectivity index (χ3v) is 3.33. The van der Waals surface area contributed by atoms with Gasteiger partial charge in [0.1, 0.15) is 0 Å². The maximum atomic E-state index is 11.6. The van der Waals surface area contributed by atoms with Crippen LogP contribution in [0.2, 0.25) is 0 Å². The molecule has 0 saturated heterocycles. The first-order valence-electron chi connectivity index (χ1n) is 5.66. The van der Waals surface area contributed by atoms with E-state index in [9.17, 15) is 4.79 Å². The van der Waals surface area contributed by atoms with Crippen molar-refractivity contribution in [2.75, 3.05) is 20.2 Å². The Morgan fingerprint density at radius 2 is 2.27 bits per heavy atom. The molecule has 0 spiro atoms. The van der Waals surface area contributed by atoms with Crippen molar-refractivity contribution in [3.63, 3.8) is 0 Å². The van der Waals surface area contributed by atoms with Gasteiger partial charge in [-0.25, -0.2) is 0 Å². The van der Waals surface area contributed by atoms with E-state index >= 15 is 0 Å². The SMILES string of the molecule is COC1(CNC(=O)C(C)CCN)CCC1. The fourth-order valence-electron chi connectivity index (χ4n) is 1.83. The van der Waals surface area contributed by atoms with Crippen LogP contribution in [-0.4, -0.2) is 31.7 Å². The summed E-state index contributed by atoms with van der Waals surface area (Å²) < 4.78 is 5.42. The molecule has 1 aliphatic rings. The van der Waals surface area contributed by atoms with Crippen molar-refractivity contribution in [1.29, 1.82) is 0 Å². The Kier molecular flexibility index (Phi) is 4.54. The van der Waals surface area contributed by atoms with E-state index in [1.807, 2.05) is 6.92 Å². The van der Waals surface area contributed by atoms with E-state index in [4.69, 9.17) is 10.5 Å². The number of nitrogens with two attached hydrogens (primary N) is 1. The first kappa shape index (κ1) is 12.5. The topological polar surface area (TPSA) is 64.3 Å². The van der Waals surface area contributed by atoms with E-state index in [1.165, 1.54) is 6.42 Å². The van der Waals surface area contributed by atoms with Gasteiger partial charge in [-0.15, -0.1) is 0 Å². The number of hydrogen-bond donors (Lipinski definition) is 2. The minimum Gasteiger partial charge on any atom is -0.376 e. The fourth-order valence-corrected chi connectivity index (χ4v) is 1.83. The Morgan fingerprint density at radius 1 is 1.60 bits per heavy atom. The maximum absolute atomic E-state index is 11.6. The summed E-state index contributed by atoms with van der Waals surface area (Å²) >= 11 is 0. The molecule has 4 nitrogen and oxygen atoms in total. The minimum absolute atomic E-state index is 0.00369. The highest BCUT2D eigenvalue weighted by molar-refractivity contribution is 5.78. The molecule has 4 heteroatoms. The molecule has 1 rings (SSSR count). The molecule has 1 saturated carbocycles. The molecule has 1 atom stereocenters. The van der Waals surface area contributed by atoms with Crippen molar-refractivity contribution in [2.24, 2.45) is 11.7 Å². The van der Waals surface area contributed by atoms with Crippen LogP contribution in [0, 0.1) is 5.92 Å². The van der Waals surface area contributed by atoms with Crippen LogP contribution in [0.3, 0.4) is 0 Å². The standard InChI is InChI=1S/C11H22N2O2/c1-9(4-7-12)10(14)13-8-11(15-2)5-3-6-11/h9H,3-8,12H2,1-2H3,(H,13,14). The van der Waals surface area contributed by atoms with Crippen molar-refractivity contribution in [3.05, 3.63) is 0 Å². The highest BCUT2D eigenvalue weighted by Crippen LogP contribution is 2.34. The van der Waals surface area contributed by atoms with Crippen LogP contribution < -0.4 is 11.1 Å². The second kappa shape index (κ2) is 5.47. The smallest absolute Gasteiger partial charge is 0.222 e. The van der Waals surface area contributed by atoms with Gasteiger partial charge in [0, 0.05) is 19.6 Å². The molecule has 0 aromatic carbocycles. The van der Waals surface area contributed by atoms with E-state index in [0.717, 1.165) is 19.3 Å². The molecule has 0 aliphatic heterocycles. The van der Waals surface area contributed by atoms with Gasteiger partial charge in [-0.3, -0.25) is 4.79 Å². The Bertz CT molecular complexity index is 209. The first-order valence-corrected chi connectivity index (χ1v) is 5.66. The van der Waals surface area contributed by atoms with Gasteiger partial charge in [-0.1, -0.05) is 6.92 Å². The van der Waals surface area contributed by atoms with Gasteiger partial charge in [0.15, 0.2) is 0 Å². The summed E-state index contributed by atoms with van der Waals surface area (Å²) in [5.74, 6) is 0.0905. The van der Waals surface area contributed by atoms with Crippen LogP contribution in [0.25, 0.3) is 0 Å². The molecule has 88 valence electrons. The Labute approximate surface area is 91.5 Å². The Hall–Kier alpha value is -0.610. The van der Waals surface area contributed by atoms with Gasteiger partial charge in [0.05, 0.1) is 5.60 Å². The van der Waals surface area contributed by atoms with Gasteiger partial charge >= 0.3 is 0 Å². The van der Waals surface area contributed by atoms with Crippen LogP contribution >= 0.6 is 0 Å². The zero-order chi connectivity index (χ0) is 11.3. The molecule has 3 N–H and O–H groups in total. The van der Waals surface area contributed by atoms with E-state index in [-0.39, 0.29) is 17.4 Å². The van der Waals surface area contributed by atoms with Gasteiger partial charge < -0.3 is 15.8 Å². The zero-order valence-electron chi connectivity index (χ0n) is 9.71. The summed E-state index contributed by atoms with van der Waals surface area (Å²) in [7, 11) is 1.72. The predicted molar refractivity (Wildman–Crippen MR) is 59.4 cm³/mol. The number of nitrogens with one attached hydrogen (secondary N) is 1. The molecule has 1 fully saturated rings. The van der Waals surface area contributed by atoms with Crippen LogP contribution in [0.1, 0.15) is 32.6 Å². The van der Waals surface area contributed by atoms with Crippen LogP contribution in [0.5, 0.6) is 0 Å². The van der Waals surface area contributed by atoms with Crippen molar-refractivity contribution >= 4 is 5.91 Å². The second-order valence-corrected chi connectivity index (χ2v) is 4.44. The highest BCUT2D eigenvalue weighted by Gasteiger charge is 2.37. The monoisotopic (exact) mass is 214 g/mol. The number of carbonyl (C=O) groups excluding carboxylic acids is 1. The van der Waals surface area contributed by atoms with Gasteiger partial charge in [0.25, 0.3) is 0 Å². The summed E-state index contributed by atoms with van der Waals surface area (Å²) in [4.78, 5) is 11.6. The van der Waals surface area contributed by atoms with Crippen molar-refractivity contribution in [2.45, 2.75) is 38.2 Å². The number of methoxy groups -OCH3 is 1. The normalized spacial score (nSPS) is 20.5. The lowest BCUT2D eigenvalue weighted by molar-refractivity contribution is -0.128. The third-order valence-electron chi connectivity index (χ3n) is 3.33. The molecule has 0 aromatic rings. The van der Waals surface area contributed by atoms with Crippen molar-refractivity contribution in [1.82, 2.24) is 5.32 Å². The zero-order valence-corrected chi connectivity index (χ0v) is 9.71.